The summed E-state index contributed by atoms with van der Waals surface area (Å²) in [5, 5.41) is 2.87. The Labute approximate surface area is 185 Å². The van der Waals surface area contributed by atoms with Crippen LogP contribution in [-0.2, 0) is 14.8 Å². The number of hydrogen-bond donors (Lipinski definition) is 1. The maximum Gasteiger partial charge on any atom is 0.244 e. The summed E-state index contributed by atoms with van der Waals surface area (Å²) in [6.07, 6.45) is 1.42. The van der Waals surface area contributed by atoms with Gasteiger partial charge < -0.3 is 14.8 Å². The highest BCUT2D eigenvalue weighted by Crippen LogP contribution is 2.25. The molecule has 0 unspecified atom stereocenters. The fourth-order valence-electron chi connectivity index (χ4n) is 3.15. The Morgan fingerprint density at radius 2 is 1.55 bits per heavy atom. The highest BCUT2D eigenvalue weighted by Gasteiger charge is 2.32. The molecular formula is C23H32N2O5S. The lowest BCUT2D eigenvalue weighted by Crippen LogP contribution is -2.52. The van der Waals surface area contributed by atoms with Crippen LogP contribution in [0.25, 0.3) is 0 Å². The Kier molecular flexibility index (Phi) is 8.74. The van der Waals surface area contributed by atoms with Gasteiger partial charge in [-0.1, -0.05) is 24.6 Å². The van der Waals surface area contributed by atoms with Crippen molar-refractivity contribution < 1.29 is 22.7 Å². The number of rotatable bonds is 11. The average Bonchev–Trinajstić information content (AvgIpc) is 2.71. The van der Waals surface area contributed by atoms with Gasteiger partial charge in [0.05, 0.1) is 24.6 Å². The van der Waals surface area contributed by atoms with Crippen LogP contribution in [0.15, 0.2) is 48.5 Å². The van der Waals surface area contributed by atoms with Crippen molar-refractivity contribution in [1.29, 1.82) is 0 Å². The molecule has 2 rings (SSSR count). The summed E-state index contributed by atoms with van der Waals surface area (Å²) >= 11 is 0. The first-order valence-electron chi connectivity index (χ1n) is 10.4. The molecule has 1 amide bonds. The molecule has 7 nitrogen and oxygen atoms in total. The fraction of sp³-hybridized carbons (Fsp3) is 0.435. The SMILES string of the molecule is CCOc1ccc(N([C@@H](CC)C(=O)N[C@H](C)COc2ccc(C)cc2)S(C)(=O)=O)cc1. The van der Waals surface area contributed by atoms with Gasteiger partial charge in [-0.05, 0) is 63.6 Å². The Balaban J connectivity index is 2.11. The number of hydrogen-bond acceptors (Lipinski definition) is 5. The van der Waals surface area contributed by atoms with Crippen molar-refractivity contribution in [1.82, 2.24) is 5.32 Å². The van der Waals surface area contributed by atoms with Crippen LogP contribution in [0.1, 0.15) is 32.8 Å². The third-order valence-electron chi connectivity index (χ3n) is 4.64. The van der Waals surface area contributed by atoms with E-state index >= 15 is 0 Å². The molecule has 31 heavy (non-hydrogen) atoms. The molecule has 0 spiro atoms. The summed E-state index contributed by atoms with van der Waals surface area (Å²) in [6, 6.07) is 13.1. The smallest absolute Gasteiger partial charge is 0.244 e. The maximum atomic E-state index is 13.0. The van der Waals surface area contributed by atoms with Gasteiger partial charge in [-0.15, -0.1) is 0 Å². The number of carbonyl (C=O) groups excluding carboxylic acids is 1. The van der Waals surface area contributed by atoms with Crippen LogP contribution in [0.3, 0.4) is 0 Å². The van der Waals surface area contributed by atoms with Crippen LogP contribution in [0.5, 0.6) is 11.5 Å². The first-order chi connectivity index (χ1) is 14.7. The van der Waals surface area contributed by atoms with Crippen molar-refractivity contribution in [2.24, 2.45) is 0 Å². The average molecular weight is 449 g/mol. The molecule has 2 aromatic carbocycles. The number of sulfonamides is 1. The Morgan fingerprint density at radius 3 is 2.06 bits per heavy atom. The second-order valence-electron chi connectivity index (χ2n) is 7.44. The molecule has 0 radical (unpaired) electrons. The normalized spacial score (nSPS) is 13.2. The lowest BCUT2D eigenvalue weighted by atomic mass is 10.1. The van der Waals surface area contributed by atoms with Crippen molar-refractivity contribution in [3.63, 3.8) is 0 Å². The third-order valence-corrected chi connectivity index (χ3v) is 5.82. The lowest BCUT2D eigenvalue weighted by Gasteiger charge is -2.31. The van der Waals surface area contributed by atoms with Gasteiger partial charge in [-0.2, -0.15) is 0 Å². The summed E-state index contributed by atoms with van der Waals surface area (Å²) in [5.74, 6) is 0.979. The largest absolute Gasteiger partial charge is 0.494 e. The number of nitrogens with one attached hydrogen (secondary N) is 1. The molecule has 170 valence electrons. The van der Waals surface area contributed by atoms with Crippen LogP contribution in [0.4, 0.5) is 5.69 Å². The molecule has 0 bridgehead atoms. The van der Waals surface area contributed by atoms with Crippen molar-refractivity contribution in [2.45, 2.75) is 46.2 Å². The molecule has 0 aliphatic rings. The molecular weight excluding hydrogens is 416 g/mol. The van der Waals surface area contributed by atoms with E-state index in [0.717, 1.165) is 16.1 Å². The minimum atomic E-state index is -3.69. The predicted octanol–water partition coefficient (Wildman–Crippen LogP) is 3.52. The van der Waals surface area contributed by atoms with E-state index in [0.29, 0.717) is 30.2 Å². The van der Waals surface area contributed by atoms with E-state index in [4.69, 9.17) is 9.47 Å². The van der Waals surface area contributed by atoms with Gasteiger partial charge in [0.1, 0.15) is 24.1 Å². The van der Waals surface area contributed by atoms with Crippen LogP contribution in [0, 0.1) is 6.92 Å². The summed E-state index contributed by atoms with van der Waals surface area (Å²) < 4.78 is 37.4. The number of aryl methyl sites for hydroxylation is 1. The van der Waals surface area contributed by atoms with Gasteiger partial charge in [0.25, 0.3) is 0 Å². The minimum absolute atomic E-state index is 0.271. The summed E-state index contributed by atoms with van der Waals surface area (Å²) in [4.78, 5) is 13.0. The summed E-state index contributed by atoms with van der Waals surface area (Å²) in [5.41, 5.74) is 1.55. The van der Waals surface area contributed by atoms with E-state index in [1.54, 1.807) is 31.2 Å². The van der Waals surface area contributed by atoms with Crippen LogP contribution in [0.2, 0.25) is 0 Å². The zero-order valence-electron chi connectivity index (χ0n) is 18.8. The molecule has 0 aliphatic carbocycles. The molecule has 2 atom stereocenters. The molecule has 2 aromatic rings. The first kappa shape index (κ1) is 24.5. The maximum absolute atomic E-state index is 13.0. The number of anilines is 1. The molecule has 0 aromatic heterocycles. The summed E-state index contributed by atoms with van der Waals surface area (Å²) in [6.45, 7) is 8.25. The standard InChI is InChI=1S/C23H32N2O5S/c1-6-22(23(26)24-18(4)16-30-21-12-8-17(3)9-13-21)25(31(5,27)28)19-10-14-20(15-11-19)29-7-2/h8-15,18,22H,6-7,16H2,1-5H3,(H,24,26)/t18-,22+/m1/s1. The van der Waals surface area contributed by atoms with Gasteiger partial charge in [-0.3, -0.25) is 9.10 Å². The van der Waals surface area contributed by atoms with Gasteiger partial charge in [0.2, 0.25) is 15.9 Å². The monoisotopic (exact) mass is 448 g/mol. The van der Waals surface area contributed by atoms with E-state index < -0.39 is 16.1 Å². The van der Waals surface area contributed by atoms with Crippen LogP contribution >= 0.6 is 0 Å². The summed E-state index contributed by atoms with van der Waals surface area (Å²) in [7, 11) is -3.69. The topological polar surface area (TPSA) is 84.9 Å². The van der Waals surface area contributed by atoms with Crippen molar-refractivity contribution >= 4 is 21.6 Å². The molecule has 0 saturated carbocycles. The Morgan fingerprint density at radius 1 is 1.00 bits per heavy atom. The van der Waals surface area contributed by atoms with Crippen LogP contribution < -0.4 is 19.1 Å². The number of carbonyl (C=O) groups is 1. The predicted molar refractivity (Wildman–Crippen MR) is 123 cm³/mol. The van der Waals surface area contributed by atoms with E-state index in [-0.39, 0.29) is 18.6 Å². The number of benzene rings is 2. The van der Waals surface area contributed by atoms with Crippen molar-refractivity contribution in [2.75, 3.05) is 23.8 Å². The van der Waals surface area contributed by atoms with Crippen LogP contribution in [-0.4, -0.2) is 45.9 Å². The van der Waals surface area contributed by atoms with E-state index in [1.165, 1.54) is 0 Å². The van der Waals surface area contributed by atoms with E-state index in [9.17, 15) is 13.2 Å². The number of nitrogens with zero attached hydrogens (tertiary/aromatic N) is 1. The Hall–Kier alpha value is -2.74. The number of ether oxygens (including phenoxy) is 2. The minimum Gasteiger partial charge on any atom is -0.494 e. The number of amides is 1. The fourth-order valence-corrected chi connectivity index (χ4v) is 4.36. The van der Waals surface area contributed by atoms with Crippen molar-refractivity contribution in [3.05, 3.63) is 54.1 Å². The second-order valence-corrected chi connectivity index (χ2v) is 9.30. The zero-order chi connectivity index (χ0) is 23.0. The third kappa shape index (κ3) is 7.17. The second kappa shape index (κ2) is 11.0. The lowest BCUT2D eigenvalue weighted by molar-refractivity contribution is -0.123. The zero-order valence-corrected chi connectivity index (χ0v) is 19.6. The van der Waals surface area contributed by atoms with E-state index in [2.05, 4.69) is 5.32 Å². The van der Waals surface area contributed by atoms with Gasteiger partial charge in [-0.25, -0.2) is 8.42 Å². The first-order valence-corrected chi connectivity index (χ1v) is 12.2. The molecule has 1 N–H and O–H groups in total. The molecule has 0 fully saturated rings. The highest BCUT2D eigenvalue weighted by molar-refractivity contribution is 7.92. The van der Waals surface area contributed by atoms with Gasteiger partial charge >= 0.3 is 0 Å². The molecule has 0 saturated heterocycles. The molecule has 0 aliphatic heterocycles. The van der Waals surface area contributed by atoms with Gasteiger partial charge in [0.15, 0.2) is 0 Å². The highest BCUT2D eigenvalue weighted by atomic mass is 32.2. The Bertz CT molecular complexity index is 943. The molecule has 8 heteroatoms. The van der Waals surface area contributed by atoms with Gasteiger partial charge in [0, 0.05) is 0 Å². The van der Waals surface area contributed by atoms with E-state index in [1.807, 2.05) is 45.0 Å². The quantitative estimate of drug-likeness (QED) is 0.569. The molecule has 0 heterocycles. The van der Waals surface area contributed by atoms with Crippen molar-refractivity contribution in [3.8, 4) is 11.5 Å².